The van der Waals surface area contributed by atoms with Gasteiger partial charge in [-0.05, 0) is 47.7 Å². The average Bonchev–Trinajstić information content (AvgIpc) is 3.27. The van der Waals surface area contributed by atoms with Crippen molar-refractivity contribution < 1.29 is 9.53 Å². The number of tetrazole rings is 1. The van der Waals surface area contributed by atoms with Crippen LogP contribution >= 0.6 is 11.8 Å². The van der Waals surface area contributed by atoms with Crippen LogP contribution in [0.5, 0.6) is 0 Å². The van der Waals surface area contributed by atoms with E-state index in [1.807, 2.05) is 12.1 Å². The molecule has 0 bridgehead atoms. The normalized spacial score (nSPS) is 16.9. The molecule has 1 aromatic heterocycles. The molecule has 0 spiro atoms. The molecule has 1 atom stereocenters. The fourth-order valence-corrected chi connectivity index (χ4v) is 3.52. The van der Waals surface area contributed by atoms with Crippen molar-refractivity contribution in [3.05, 3.63) is 35.4 Å². The lowest BCUT2D eigenvalue weighted by Crippen LogP contribution is -2.27. The second kappa shape index (κ2) is 8.96. The van der Waals surface area contributed by atoms with Crippen LogP contribution in [0.2, 0.25) is 0 Å². The Morgan fingerprint density at radius 3 is 3.12 bits per heavy atom. The molecule has 2 heterocycles. The maximum atomic E-state index is 12.0. The Balaban J connectivity index is 1.40. The number of carbonyl (C=O) groups excluding carboxylic acids is 1. The molecule has 8 heteroatoms. The maximum Gasteiger partial charge on any atom is 0.230 e. The number of hydrogen-bond acceptors (Lipinski definition) is 6. The molecule has 1 aromatic carbocycles. The summed E-state index contributed by atoms with van der Waals surface area (Å²) in [5, 5.41) is 15.3. The molecule has 3 rings (SSSR count). The second-order valence-electron chi connectivity index (χ2n) is 6.09. The summed E-state index contributed by atoms with van der Waals surface area (Å²) in [6.45, 7) is 4.16. The van der Waals surface area contributed by atoms with Gasteiger partial charge in [-0.25, -0.2) is 4.68 Å². The van der Waals surface area contributed by atoms with Crippen LogP contribution in [0.4, 0.5) is 0 Å². The molecule has 1 N–H and O–H groups in total. The van der Waals surface area contributed by atoms with Gasteiger partial charge in [0.25, 0.3) is 0 Å². The minimum atomic E-state index is -0.00903. The molecular weight excluding hydrogens is 338 g/mol. The molecule has 7 nitrogen and oxygen atoms in total. The van der Waals surface area contributed by atoms with Crippen LogP contribution in [0.1, 0.15) is 24.0 Å². The van der Waals surface area contributed by atoms with Gasteiger partial charge in [0.05, 0.1) is 18.4 Å². The zero-order valence-corrected chi connectivity index (χ0v) is 15.2. The van der Waals surface area contributed by atoms with Crippen LogP contribution in [-0.2, 0) is 22.5 Å². The van der Waals surface area contributed by atoms with Crippen LogP contribution in [0, 0.1) is 6.92 Å². The van der Waals surface area contributed by atoms with Gasteiger partial charge in [-0.1, -0.05) is 36.0 Å². The third kappa shape index (κ3) is 5.27. The summed E-state index contributed by atoms with van der Waals surface area (Å²) >= 11 is 1.35. The molecule has 1 saturated heterocycles. The Hall–Kier alpha value is -1.93. The van der Waals surface area contributed by atoms with Crippen molar-refractivity contribution in [3.8, 4) is 0 Å². The molecular formula is C17H23N5O2S. The molecule has 0 aliphatic carbocycles. The van der Waals surface area contributed by atoms with E-state index in [-0.39, 0.29) is 12.0 Å². The van der Waals surface area contributed by atoms with Crippen molar-refractivity contribution in [1.29, 1.82) is 0 Å². The lowest BCUT2D eigenvalue weighted by Gasteiger charge is -2.10. The monoisotopic (exact) mass is 361 g/mol. The number of rotatable bonds is 8. The molecule has 1 aliphatic heterocycles. The number of amides is 1. The van der Waals surface area contributed by atoms with Gasteiger partial charge in [-0.15, -0.1) is 5.10 Å². The first-order chi connectivity index (χ1) is 12.2. The van der Waals surface area contributed by atoms with Gasteiger partial charge in [-0.3, -0.25) is 4.79 Å². The molecule has 1 aliphatic rings. The highest BCUT2D eigenvalue weighted by molar-refractivity contribution is 7.99. The van der Waals surface area contributed by atoms with Crippen molar-refractivity contribution >= 4 is 17.7 Å². The van der Waals surface area contributed by atoms with E-state index < -0.39 is 0 Å². The summed E-state index contributed by atoms with van der Waals surface area (Å²) < 4.78 is 7.33. The fourth-order valence-electron chi connectivity index (χ4n) is 2.80. The third-order valence-electron chi connectivity index (χ3n) is 4.21. The molecule has 1 unspecified atom stereocenters. The van der Waals surface area contributed by atoms with Crippen LogP contribution < -0.4 is 5.32 Å². The van der Waals surface area contributed by atoms with Crippen molar-refractivity contribution in [2.24, 2.45) is 0 Å². The standard InChI is InChI=1S/C17H23N5O2S/c1-13-5-2-3-6-14(13)8-9-18-16(23)12-25-17-19-20-21-22(17)11-15-7-4-10-24-15/h2-3,5-6,15H,4,7-12H2,1H3,(H,18,23). The Morgan fingerprint density at radius 1 is 1.44 bits per heavy atom. The molecule has 25 heavy (non-hydrogen) atoms. The highest BCUT2D eigenvalue weighted by atomic mass is 32.2. The quantitative estimate of drug-likeness (QED) is 0.720. The van der Waals surface area contributed by atoms with E-state index in [1.54, 1.807) is 4.68 Å². The second-order valence-corrected chi connectivity index (χ2v) is 7.04. The number of nitrogens with one attached hydrogen (secondary N) is 1. The molecule has 1 amide bonds. The Labute approximate surface area is 151 Å². The first-order valence-electron chi connectivity index (χ1n) is 8.54. The highest BCUT2D eigenvalue weighted by Gasteiger charge is 2.19. The predicted molar refractivity (Wildman–Crippen MR) is 95.4 cm³/mol. The van der Waals surface area contributed by atoms with E-state index in [2.05, 4.69) is 39.9 Å². The Kier molecular flexibility index (Phi) is 6.41. The topological polar surface area (TPSA) is 81.9 Å². The number of aromatic nitrogens is 4. The Morgan fingerprint density at radius 2 is 2.32 bits per heavy atom. The van der Waals surface area contributed by atoms with E-state index in [1.165, 1.54) is 22.9 Å². The number of ether oxygens (including phenoxy) is 1. The summed E-state index contributed by atoms with van der Waals surface area (Å²) in [6.07, 6.45) is 3.12. The van der Waals surface area contributed by atoms with Gasteiger partial charge >= 0.3 is 0 Å². The summed E-state index contributed by atoms with van der Waals surface area (Å²) in [5.74, 6) is 0.296. The number of aryl methyl sites for hydroxylation is 1. The van der Waals surface area contributed by atoms with Gasteiger partial charge in [-0.2, -0.15) is 0 Å². The summed E-state index contributed by atoms with van der Waals surface area (Å²) in [4.78, 5) is 12.0. The van der Waals surface area contributed by atoms with Crippen molar-refractivity contribution in [2.75, 3.05) is 18.9 Å². The van der Waals surface area contributed by atoms with E-state index >= 15 is 0 Å². The van der Waals surface area contributed by atoms with E-state index in [9.17, 15) is 4.79 Å². The van der Waals surface area contributed by atoms with Crippen molar-refractivity contribution in [2.45, 2.75) is 44.0 Å². The van der Waals surface area contributed by atoms with Gasteiger partial charge in [0.15, 0.2) is 0 Å². The first-order valence-corrected chi connectivity index (χ1v) is 9.52. The molecule has 134 valence electrons. The number of thioether (sulfide) groups is 1. The van der Waals surface area contributed by atoms with Crippen LogP contribution in [0.15, 0.2) is 29.4 Å². The maximum absolute atomic E-state index is 12.0. The minimum absolute atomic E-state index is 0.00903. The molecule has 1 fully saturated rings. The lowest BCUT2D eigenvalue weighted by atomic mass is 10.1. The first kappa shape index (κ1) is 17.9. The summed E-state index contributed by atoms with van der Waals surface area (Å²) in [6, 6.07) is 8.22. The van der Waals surface area contributed by atoms with Crippen LogP contribution in [0.25, 0.3) is 0 Å². The third-order valence-corrected chi connectivity index (χ3v) is 5.17. The smallest absolute Gasteiger partial charge is 0.230 e. The average molecular weight is 361 g/mol. The van der Waals surface area contributed by atoms with Crippen molar-refractivity contribution in [3.63, 3.8) is 0 Å². The van der Waals surface area contributed by atoms with E-state index in [4.69, 9.17) is 4.74 Å². The van der Waals surface area contributed by atoms with Crippen LogP contribution in [-0.4, -0.2) is 51.1 Å². The Bertz CT molecular complexity index is 700. The SMILES string of the molecule is Cc1ccccc1CCNC(=O)CSc1nnnn1CC1CCCO1. The van der Waals surface area contributed by atoms with E-state index in [0.29, 0.717) is 24.0 Å². The molecule has 0 radical (unpaired) electrons. The lowest BCUT2D eigenvalue weighted by molar-refractivity contribution is -0.118. The number of nitrogens with zero attached hydrogens (tertiary/aromatic N) is 4. The summed E-state index contributed by atoms with van der Waals surface area (Å²) in [5.41, 5.74) is 2.51. The number of hydrogen-bond donors (Lipinski definition) is 1. The van der Waals surface area contributed by atoms with Gasteiger partial charge in [0, 0.05) is 13.2 Å². The fraction of sp³-hybridized carbons (Fsp3) is 0.529. The zero-order valence-electron chi connectivity index (χ0n) is 14.4. The van der Waals surface area contributed by atoms with Crippen LogP contribution in [0.3, 0.4) is 0 Å². The number of benzene rings is 1. The minimum Gasteiger partial charge on any atom is -0.376 e. The number of carbonyl (C=O) groups is 1. The summed E-state index contributed by atoms with van der Waals surface area (Å²) in [7, 11) is 0. The van der Waals surface area contributed by atoms with Gasteiger partial charge in [0.2, 0.25) is 11.1 Å². The van der Waals surface area contributed by atoms with Crippen molar-refractivity contribution in [1.82, 2.24) is 25.5 Å². The molecule has 2 aromatic rings. The van der Waals surface area contributed by atoms with E-state index in [0.717, 1.165) is 25.9 Å². The van der Waals surface area contributed by atoms with Gasteiger partial charge < -0.3 is 10.1 Å². The predicted octanol–water partition coefficient (Wildman–Crippen LogP) is 1.61. The zero-order chi connectivity index (χ0) is 17.5. The van der Waals surface area contributed by atoms with Gasteiger partial charge in [0.1, 0.15) is 0 Å². The highest BCUT2D eigenvalue weighted by Crippen LogP contribution is 2.18. The molecule has 0 saturated carbocycles. The largest absolute Gasteiger partial charge is 0.376 e.